The number of hydrogen-bond acceptors (Lipinski definition) is 4. The zero-order chi connectivity index (χ0) is 12.6. The van der Waals surface area contributed by atoms with Gasteiger partial charge in [0.2, 0.25) is 0 Å². The molecule has 3 nitrogen and oxygen atoms in total. The fourth-order valence-electron chi connectivity index (χ4n) is 1.32. The summed E-state index contributed by atoms with van der Waals surface area (Å²) in [6.07, 6.45) is 2.55. The minimum absolute atomic E-state index is 0.122. The Hall–Kier alpha value is -0.510. The number of ketones is 1. The Labute approximate surface area is 102 Å². The third-order valence-corrected chi connectivity index (χ3v) is 3.39. The van der Waals surface area contributed by atoms with E-state index in [9.17, 15) is 9.59 Å². The molecule has 0 saturated heterocycles. The van der Waals surface area contributed by atoms with E-state index in [0.717, 1.165) is 18.6 Å². The summed E-state index contributed by atoms with van der Waals surface area (Å²) in [5.74, 6) is 1.32. The van der Waals surface area contributed by atoms with Gasteiger partial charge in [0.15, 0.2) is 0 Å². The summed E-state index contributed by atoms with van der Waals surface area (Å²) in [4.78, 5) is 23.0. The molecule has 0 spiro atoms. The second-order valence-electron chi connectivity index (χ2n) is 4.50. The van der Waals surface area contributed by atoms with Crippen LogP contribution in [0, 0.1) is 5.41 Å². The molecule has 0 heterocycles. The Morgan fingerprint density at radius 3 is 2.44 bits per heavy atom. The predicted molar refractivity (Wildman–Crippen MR) is 67.7 cm³/mol. The minimum atomic E-state index is -0.697. The van der Waals surface area contributed by atoms with Gasteiger partial charge in [-0.2, -0.15) is 11.8 Å². The molecule has 0 radical (unpaired) electrons. The van der Waals surface area contributed by atoms with E-state index < -0.39 is 5.41 Å². The number of carbonyl (C=O) groups is 2. The minimum Gasteiger partial charge on any atom is -0.469 e. The Morgan fingerprint density at radius 1 is 1.31 bits per heavy atom. The molecular formula is C12H22O3S. The van der Waals surface area contributed by atoms with E-state index in [1.165, 1.54) is 7.11 Å². The number of Topliss-reactive ketones (excluding diaryl/α,β-unsaturated/α-hetero) is 1. The molecule has 0 bridgehead atoms. The van der Waals surface area contributed by atoms with Gasteiger partial charge in [-0.25, -0.2) is 0 Å². The second-order valence-corrected chi connectivity index (χ2v) is 5.60. The zero-order valence-electron chi connectivity index (χ0n) is 10.7. The second kappa shape index (κ2) is 7.71. The van der Waals surface area contributed by atoms with Crippen LogP contribution in [-0.4, -0.2) is 30.4 Å². The highest BCUT2D eigenvalue weighted by Gasteiger charge is 2.31. The first kappa shape index (κ1) is 15.5. The fraction of sp³-hybridized carbons (Fsp3) is 0.833. The molecule has 94 valence electrons. The van der Waals surface area contributed by atoms with Gasteiger partial charge in [0.1, 0.15) is 5.78 Å². The summed E-state index contributed by atoms with van der Waals surface area (Å²) < 4.78 is 4.66. The Morgan fingerprint density at radius 2 is 1.94 bits per heavy atom. The fourth-order valence-corrected chi connectivity index (χ4v) is 2.29. The third-order valence-electron chi connectivity index (χ3n) is 2.28. The highest BCUT2D eigenvalue weighted by molar-refractivity contribution is 7.99. The first-order valence-electron chi connectivity index (χ1n) is 5.62. The smallest absolute Gasteiger partial charge is 0.311 e. The maximum Gasteiger partial charge on any atom is 0.311 e. The Kier molecular flexibility index (Phi) is 7.47. The predicted octanol–water partition coefficient (Wildman–Crippen LogP) is 2.68. The summed E-state index contributed by atoms with van der Waals surface area (Å²) in [5, 5.41) is 0. The van der Waals surface area contributed by atoms with Crippen molar-refractivity contribution >= 4 is 23.5 Å². The molecule has 16 heavy (non-hydrogen) atoms. The lowest BCUT2D eigenvalue weighted by molar-refractivity contribution is -0.152. The summed E-state index contributed by atoms with van der Waals surface area (Å²) >= 11 is 1.64. The summed E-state index contributed by atoms with van der Waals surface area (Å²) in [7, 11) is 1.35. The monoisotopic (exact) mass is 246 g/mol. The maximum absolute atomic E-state index is 11.6. The van der Waals surface area contributed by atoms with Crippen LogP contribution in [0.25, 0.3) is 0 Å². The quantitative estimate of drug-likeness (QED) is 0.488. The molecule has 0 amide bonds. The van der Waals surface area contributed by atoms with Gasteiger partial charge in [-0.05, 0) is 26.0 Å². The molecule has 0 aliphatic carbocycles. The van der Waals surface area contributed by atoms with Crippen LogP contribution in [0.2, 0.25) is 0 Å². The van der Waals surface area contributed by atoms with Gasteiger partial charge in [-0.1, -0.05) is 13.3 Å². The molecule has 0 aliphatic heterocycles. The van der Waals surface area contributed by atoms with Crippen molar-refractivity contribution in [2.45, 2.75) is 40.0 Å². The van der Waals surface area contributed by atoms with Gasteiger partial charge in [-0.15, -0.1) is 0 Å². The Balaban J connectivity index is 3.90. The van der Waals surface area contributed by atoms with Crippen molar-refractivity contribution in [2.24, 2.45) is 5.41 Å². The van der Waals surface area contributed by atoms with E-state index in [1.54, 1.807) is 25.6 Å². The van der Waals surface area contributed by atoms with Gasteiger partial charge >= 0.3 is 5.97 Å². The number of rotatable bonds is 8. The molecule has 4 heteroatoms. The van der Waals surface area contributed by atoms with E-state index in [0.29, 0.717) is 5.75 Å². The van der Waals surface area contributed by atoms with Gasteiger partial charge in [-0.3, -0.25) is 9.59 Å². The number of carbonyl (C=O) groups excluding carboxylic acids is 2. The average molecular weight is 246 g/mol. The lowest BCUT2D eigenvalue weighted by Crippen LogP contribution is -2.29. The number of esters is 1. The van der Waals surface area contributed by atoms with Crippen molar-refractivity contribution < 1.29 is 14.3 Å². The molecule has 0 unspecified atom stereocenters. The standard InChI is InChI=1S/C12H22O3S/c1-5-6-7-16-9-10(13)8-12(2,3)11(14)15-4/h5-9H2,1-4H3. The summed E-state index contributed by atoms with van der Waals surface area (Å²) in [6, 6.07) is 0. The molecule has 0 fully saturated rings. The van der Waals surface area contributed by atoms with Crippen LogP contribution in [-0.2, 0) is 14.3 Å². The molecule has 0 aromatic heterocycles. The van der Waals surface area contributed by atoms with Gasteiger partial charge < -0.3 is 4.74 Å². The number of ether oxygens (including phenoxy) is 1. The normalized spacial score (nSPS) is 11.2. The molecule has 0 atom stereocenters. The van der Waals surface area contributed by atoms with E-state index in [4.69, 9.17) is 0 Å². The highest BCUT2D eigenvalue weighted by Crippen LogP contribution is 2.23. The van der Waals surface area contributed by atoms with E-state index in [2.05, 4.69) is 11.7 Å². The lowest BCUT2D eigenvalue weighted by atomic mass is 9.88. The van der Waals surface area contributed by atoms with Gasteiger partial charge in [0.25, 0.3) is 0 Å². The summed E-state index contributed by atoms with van der Waals surface area (Å²) in [5.41, 5.74) is -0.697. The van der Waals surface area contributed by atoms with Crippen molar-refractivity contribution in [2.75, 3.05) is 18.6 Å². The molecule has 0 saturated carbocycles. The number of thioether (sulfide) groups is 1. The number of unbranched alkanes of at least 4 members (excludes halogenated alkanes) is 1. The van der Waals surface area contributed by atoms with Gasteiger partial charge in [0.05, 0.1) is 18.3 Å². The maximum atomic E-state index is 11.6. The van der Waals surface area contributed by atoms with Crippen molar-refractivity contribution in [3.8, 4) is 0 Å². The molecule has 0 N–H and O–H groups in total. The van der Waals surface area contributed by atoms with Crippen molar-refractivity contribution in [3.63, 3.8) is 0 Å². The summed E-state index contributed by atoms with van der Waals surface area (Å²) in [6.45, 7) is 5.61. The van der Waals surface area contributed by atoms with Crippen molar-refractivity contribution in [1.29, 1.82) is 0 Å². The van der Waals surface area contributed by atoms with Crippen LogP contribution in [0.3, 0.4) is 0 Å². The molecule has 0 rings (SSSR count). The van der Waals surface area contributed by atoms with E-state index >= 15 is 0 Å². The average Bonchev–Trinajstić information content (AvgIpc) is 2.22. The van der Waals surface area contributed by atoms with Crippen LogP contribution in [0.15, 0.2) is 0 Å². The van der Waals surface area contributed by atoms with E-state index in [-0.39, 0.29) is 18.2 Å². The largest absolute Gasteiger partial charge is 0.469 e. The van der Waals surface area contributed by atoms with Gasteiger partial charge in [0, 0.05) is 6.42 Å². The highest BCUT2D eigenvalue weighted by atomic mass is 32.2. The van der Waals surface area contributed by atoms with Crippen LogP contribution < -0.4 is 0 Å². The van der Waals surface area contributed by atoms with Crippen LogP contribution in [0.1, 0.15) is 40.0 Å². The number of methoxy groups -OCH3 is 1. The van der Waals surface area contributed by atoms with Crippen LogP contribution >= 0.6 is 11.8 Å². The Bertz CT molecular complexity index is 236. The molecular weight excluding hydrogens is 224 g/mol. The third kappa shape index (κ3) is 6.16. The van der Waals surface area contributed by atoms with Crippen molar-refractivity contribution in [1.82, 2.24) is 0 Å². The molecule has 0 aromatic rings. The lowest BCUT2D eigenvalue weighted by Gasteiger charge is -2.20. The van der Waals surface area contributed by atoms with Crippen LogP contribution in [0.4, 0.5) is 0 Å². The number of hydrogen-bond donors (Lipinski definition) is 0. The van der Waals surface area contributed by atoms with Crippen LogP contribution in [0.5, 0.6) is 0 Å². The first-order valence-corrected chi connectivity index (χ1v) is 6.77. The topological polar surface area (TPSA) is 43.4 Å². The SMILES string of the molecule is CCCCSCC(=O)CC(C)(C)C(=O)OC. The van der Waals surface area contributed by atoms with E-state index in [1.807, 2.05) is 0 Å². The zero-order valence-corrected chi connectivity index (χ0v) is 11.5. The first-order chi connectivity index (χ1) is 7.44. The molecule has 0 aromatic carbocycles. The van der Waals surface area contributed by atoms with Crippen molar-refractivity contribution in [3.05, 3.63) is 0 Å². The molecule has 0 aliphatic rings.